The summed E-state index contributed by atoms with van der Waals surface area (Å²) in [7, 11) is 0. The predicted octanol–water partition coefficient (Wildman–Crippen LogP) is 4.04. The van der Waals surface area contributed by atoms with Gasteiger partial charge in [0.1, 0.15) is 5.65 Å². The van der Waals surface area contributed by atoms with E-state index in [-0.39, 0.29) is 18.9 Å². The molecule has 0 atom stereocenters. The van der Waals surface area contributed by atoms with E-state index in [2.05, 4.69) is 15.2 Å². The maximum absolute atomic E-state index is 12.3. The van der Waals surface area contributed by atoms with E-state index in [1.54, 1.807) is 29.7 Å². The number of hydrogen-bond donors (Lipinski definition) is 1. The molecule has 0 spiro atoms. The second-order valence-electron chi connectivity index (χ2n) is 5.92. The number of aliphatic hydroxyl groups is 1. The molecule has 0 aliphatic carbocycles. The highest BCUT2D eigenvalue weighted by atomic mass is 16.5. The molecule has 3 rings (SSSR count). The Labute approximate surface area is 151 Å². The van der Waals surface area contributed by atoms with Crippen LogP contribution in [-0.2, 0) is 11.3 Å². The van der Waals surface area contributed by atoms with Gasteiger partial charge in [0.25, 0.3) is 0 Å². The van der Waals surface area contributed by atoms with E-state index < -0.39 is 5.97 Å². The van der Waals surface area contributed by atoms with Crippen molar-refractivity contribution in [3.05, 3.63) is 58.9 Å². The average molecular weight is 352 g/mol. The van der Waals surface area contributed by atoms with Gasteiger partial charge < -0.3 is 9.84 Å². The number of hydrogen-bond acceptors (Lipinski definition) is 6. The van der Waals surface area contributed by atoms with Crippen LogP contribution in [0.1, 0.15) is 34.1 Å². The van der Waals surface area contributed by atoms with Crippen LogP contribution in [0.4, 0.5) is 11.5 Å². The molecule has 7 heteroatoms. The van der Waals surface area contributed by atoms with Crippen molar-refractivity contribution in [2.45, 2.75) is 27.4 Å². The Balaban J connectivity index is 2.12. The highest BCUT2D eigenvalue weighted by Gasteiger charge is 2.20. The Morgan fingerprint density at radius 2 is 2.04 bits per heavy atom. The Hall–Kier alpha value is -3.06. The normalized spacial score (nSPS) is 11.4. The molecule has 0 amide bonds. The number of benzene rings is 1. The van der Waals surface area contributed by atoms with E-state index in [1.807, 2.05) is 32.0 Å². The van der Waals surface area contributed by atoms with Gasteiger partial charge in [-0.1, -0.05) is 12.1 Å². The third kappa shape index (κ3) is 3.48. The molecule has 0 saturated heterocycles. The summed E-state index contributed by atoms with van der Waals surface area (Å²) in [6.45, 7) is 5.78. The molecular formula is C19H20N4O3. The van der Waals surface area contributed by atoms with Gasteiger partial charge in [-0.2, -0.15) is 0 Å². The van der Waals surface area contributed by atoms with Gasteiger partial charge in [0.15, 0.2) is 11.5 Å². The number of rotatable bonds is 5. The minimum Gasteiger partial charge on any atom is -0.461 e. The van der Waals surface area contributed by atoms with Crippen molar-refractivity contribution in [1.82, 2.24) is 9.38 Å². The maximum Gasteiger partial charge on any atom is 0.360 e. The summed E-state index contributed by atoms with van der Waals surface area (Å²) in [6.07, 6.45) is 1.70. The SMILES string of the molecule is CCOC(=O)c1nc2cc(CO)ccn2c1N=Nc1cc(C)ccc1C. The fourth-order valence-electron chi connectivity index (χ4n) is 2.53. The molecule has 1 N–H and O–H groups in total. The molecule has 0 saturated carbocycles. The number of fused-ring (bicyclic) bond motifs is 1. The number of ether oxygens (including phenoxy) is 1. The minimum absolute atomic E-state index is 0.0935. The fourth-order valence-corrected chi connectivity index (χ4v) is 2.53. The summed E-state index contributed by atoms with van der Waals surface area (Å²) in [6, 6.07) is 9.33. The molecule has 0 aliphatic rings. The summed E-state index contributed by atoms with van der Waals surface area (Å²) in [5.41, 5.74) is 4.05. The number of aryl methyl sites for hydroxylation is 2. The second-order valence-corrected chi connectivity index (χ2v) is 5.92. The van der Waals surface area contributed by atoms with Gasteiger partial charge in [0, 0.05) is 6.20 Å². The molecule has 0 radical (unpaired) electrons. The summed E-state index contributed by atoms with van der Waals surface area (Å²) in [4.78, 5) is 16.6. The molecule has 2 aromatic heterocycles. The molecule has 0 fully saturated rings. The largest absolute Gasteiger partial charge is 0.461 e. The molecule has 0 unspecified atom stereocenters. The van der Waals surface area contributed by atoms with E-state index >= 15 is 0 Å². The highest BCUT2D eigenvalue weighted by molar-refractivity contribution is 5.93. The van der Waals surface area contributed by atoms with Crippen LogP contribution in [0.25, 0.3) is 5.65 Å². The van der Waals surface area contributed by atoms with Crippen LogP contribution in [0.3, 0.4) is 0 Å². The standard InChI is InChI=1S/C19H20N4O3/c1-4-26-19(25)17-18(22-21-15-9-12(2)5-6-13(15)3)23-8-7-14(11-24)10-16(23)20-17/h5-10,24H,4,11H2,1-3H3. The van der Waals surface area contributed by atoms with Crippen LogP contribution in [0.2, 0.25) is 0 Å². The number of aliphatic hydroxyl groups excluding tert-OH is 1. The summed E-state index contributed by atoms with van der Waals surface area (Å²) in [5.74, 6) is -0.263. The lowest BCUT2D eigenvalue weighted by Gasteiger charge is -2.02. The van der Waals surface area contributed by atoms with Gasteiger partial charge in [-0.25, -0.2) is 9.78 Å². The lowest BCUT2D eigenvalue weighted by atomic mass is 10.1. The van der Waals surface area contributed by atoms with Crippen LogP contribution in [0, 0.1) is 13.8 Å². The van der Waals surface area contributed by atoms with E-state index in [0.29, 0.717) is 17.0 Å². The Morgan fingerprint density at radius 1 is 1.23 bits per heavy atom. The molecule has 26 heavy (non-hydrogen) atoms. The number of esters is 1. The molecule has 0 aliphatic heterocycles. The Morgan fingerprint density at radius 3 is 2.77 bits per heavy atom. The predicted molar refractivity (Wildman–Crippen MR) is 97.2 cm³/mol. The summed E-state index contributed by atoms with van der Waals surface area (Å²) >= 11 is 0. The van der Waals surface area contributed by atoms with Gasteiger partial charge in [-0.05, 0) is 55.7 Å². The van der Waals surface area contributed by atoms with Gasteiger partial charge >= 0.3 is 5.97 Å². The topological polar surface area (TPSA) is 88.5 Å². The van der Waals surface area contributed by atoms with Crippen molar-refractivity contribution in [2.24, 2.45) is 10.2 Å². The zero-order valence-electron chi connectivity index (χ0n) is 14.9. The van der Waals surface area contributed by atoms with Gasteiger partial charge in [-0.3, -0.25) is 4.40 Å². The monoisotopic (exact) mass is 352 g/mol. The fraction of sp³-hybridized carbons (Fsp3) is 0.263. The summed E-state index contributed by atoms with van der Waals surface area (Å²) < 4.78 is 6.74. The molecule has 1 aromatic carbocycles. The Bertz CT molecular complexity index is 992. The van der Waals surface area contributed by atoms with Crippen molar-refractivity contribution >= 4 is 23.1 Å². The molecule has 134 valence electrons. The van der Waals surface area contributed by atoms with Crippen LogP contribution >= 0.6 is 0 Å². The van der Waals surface area contributed by atoms with E-state index in [9.17, 15) is 9.90 Å². The quantitative estimate of drug-likeness (QED) is 0.554. The smallest absolute Gasteiger partial charge is 0.360 e. The molecule has 0 bridgehead atoms. The maximum atomic E-state index is 12.3. The lowest BCUT2D eigenvalue weighted by Crippen LogP contribution is -2.05. The van der Waals surface area contributed by atoms with Crippen molar-refractivity contribution in [1.29, 1.82) is 0 Å². The first-order chi connectivity index (χ1) is 12.5. The zero-order chi connectivity index (χ0) is 18.7. The van der Waals surface area contributed by atoms with Gasteiger partial charge in [0.05, 0.1) is 18.9 Å². The number of aromatic nitrogens is 2. The number of imidazole rings is 1. The van der Waals surface area contributed by atoms with Gasteiger partial charge in [0.2, 0.25) is 0 Å². The van der Waals surface area contributed by atoms with Gasteiger partial charge in [-0.15, -0.1) is 10.2 Å². The molecule has 7 nitrogen and oxygen atoms in total. The number of pyridine rings is 1. The van der Waals surface area contributed by atoms with E-state index in [4.69, 9.17) is 4.74 Å². The van der Waals surface area contributed by atoms with Crippen LogP contribution in [0.5, 0.6) is 0 Å². The van der Waals surface area contributed by atoms with E-state index in [0.717, 1.165) is 16.8 Å². The first kappa shape index (κ1) is 17.8. The summed E-state index contributed by atoms with van der Waals surface area (Å²) in [5, 5.41) is 17.9. The number of azo groups is 1. The molecule has 3 aromatic rings. The Kier molecular flexibility index (Phi) is 5.09. The van der Waals surface area contributed by atoms with Crippen LogP contribution in [-0.4, -0.2) is 27.1 Å². The first-order valence-corrected chi connectivity index (χ1v) is 8.31. The number of carbonyl (C=O) groups is 1. The van der Waals surface area contributed by atoms with Crippen molar-refractivity contribution in [3.63, 3.8) is 0 Å². The minimum atomic E-state index is -0.559. The highest BCUT2D eigenvalue weighted by Crippen LogP contribution is 2.27. The van der Waals surface area contributed by atoms with Crippen molar-refractivity contribution in [3.8, 4) is 0 Å². The van der Waals surface area contributed by atoms with Crippen molar-refractivity contribution < 1.29 is 14.6 Å². The lowest BCUT2D eigenvalue weighted by molar-refractivity contribution is 0.0521. The zero-order valence-corrected chi connectivity index (χ0v) is 14.9. The average Bonchev–Trinajstić information content (AvgIpc) is 3.00. The third-order valence-corrected chi connectivity index (χ3v) is 3.93. The molecule has 2 heterocycles. The van der Waals surface area contributed by atoms with E-state index in [1.165, 1.54) is 0 Å². The first-order valence-electron chi connectivity index (χ1n) is 8.31. The molecular weight excluding hydrogens is 332 g/mol. The number of nitrogens with zero attached hydrogens (tertiary/aromatic N) is 4. The van der Waals surface area contributed by atoms with Crippen LogP contribution in [0.15, 0.2) is 46.8 Å². The third-order valence-electron chi connectivity index (χ3n) is 3.93. The van der Waals surface area contributed by atoms with Crippen LogP contribution < -0.4 is 0 Å². The second kappa shape index (κ2) is 7.45. The number of carbonyl (C=O) groups excluding carboxylic acids is 1. The van der Waals surface area contributed by atoms with Crippen molar-refractivity contribution in [2.75, 3.05) is 6.61 Å².